The summed E-state index contributed by atoms with van der Waals surface area (Å²) in [7, 11) is -4.01. The molecule has 31 heavy (non-hydrogen) atoms. The first-order valence-electron chi connectivity index (χ1n) is 9.61. The van der Waals surface area contributed by atoms with Gasteiger partial charge in [0.15, 0.2) is 0 Å². The number of hydrogen-bond donors (Lipinski definition) is 0. The lowest BCUT2D eigenvalue weighted by Gasteiger charge is -2.30. The van der Waals surface area contributed by atoms with Crippen molar-refractivity contribution in [3.63, 3.8) is 0 Å². The van der Waals surface area contributed by atoms with Crippen molar-refractivity contribution in [3.8, 4) is 0 Å². The largest absolute Gasteiger partial charge is 0.467 e. The Labute approximate surface area is 178 Å². The van der Waals surface area contributed by atoms with Gasteiger partial charge >= 0.3 is 0 Å². The Kier molecular flexibility index (Phi) is 6.07. The number of anilines is 1. The second-order valence-electron chi connectivity index (χ2n) is 6.94. The number of rotatable bonds is 8. The van der Waals surface area contributed by atoms with Gasteiger partial charge in [0.2, 0.25) is 10.0 Å². The fourth-order valence-corrected chi connectivity index (χ4v) is 5.06. The first kappa shape index (κ1) is 21.1. The number of ether oxygens (including phenoxy) is 1. The summed E-state index contributed by atoms with van der Waals surface area (Å²) in [6.45, 7) is 1.40. The maximum absolute atomic E-state index is 13.5. The Bertz CT molecular complexity index is 1090. The molecule has 2 aromatic heterocycles. The van der Waals surface area contributed by atoms with Crippen LogP contribution in [0.5, 0.6) is 0 Å². The summed E-state index contributed by atoms with van der Waals surface area (Å²) in [6.07, 6.45) is 3.06. The lowest BCUT2D eigenvalue weighted by atomic mass is 10.2. The molecule has 10 nitrogen and oxygen atoms in total. The zero-order valence-corrected chi connectivity index (χ0v) is 17.4. The van der Waals surface area contributed by atoms with Gasteiger partial charge in [-0.05, 0) is 30.3 Å². The molecule has 0 N–H and O–H groups in total. The van der Waals surface area contributed by atoms with Crippen LogP contribution < -0.4 is 4.90 Å². The van der Waals surface area contributed by atoms with E-state index in [1.807, 2.05) is 0 Å². The van der Waals surface area contributed by atoms with Crippen LogP contribution in [0.4, 0.5) is 11.4 Å². The van der Waals surface area contributed by atoms with Gasteiger partial charge in [0.05, 0.1) is 49.4 Å². The zero-order valence-electron chi connectivity index (χ0n) is 16.5. The van der Waals surface area contributed by atoms with Gasteiger partial charge in [-0.3, -0.25) is 10.1 Å². The highest BCUT2D eigenvalue weighted by molar-refractivity contribution is 7.89. The van der Waals surface area contributed by atoms with Crippen LogP contribution in [0, 0.1) is 10.1 Å². The Morgan fingerprint density at radius 1 is 1.00 bits per heavy atom. The standard InChI is InChI=1S/C20H21N3O7S/c24-23(25)16-5-6-19(20(13-16)31(26,27)22-7-11-28-12-8-22)21(14-17-3-1-9-29-17)15-18-4-2-10-30-18/h1-6,9-10,13H,7-8,11-12,14-15H2. The van der Waals surface area contributed by atoms with Gasteiger partial charge in [-0.15, -0.1) is 0 Å². The fraction of sp³-hybridized carbons (Fsp3) is 0.300. The van der Waals surface area contributed by atoms with E-state index in [0.717, 1.165) is 6.07 Å². The topological polar surface area (TPSA) is 119 Å². The summed E-state index contributed by atoms with van der Waals surface area (Å²) in [5.74, 6) is 1.22. The maximum Gasteiger partial charge on any atom is 0.270 e. The number of morpholine rings is 1. The minimum absolute atomic E-state index is 0.137. The second kappa shape index (κ2) is 8.92. The van der Waals surface area contributed by atoms with Gasteiger partial charge in [-0.2, -0.15) is 4.31 Å². The van der Waals surface area contributed by atoms with E-state index in [9.17, 15) is 18.5 Å². The van der Waals surface area contributed by atoms with E-state index in [1.165, 1.54) is 29.0 Å². The van der Waals surface area contributed by atoms with Crippen molar-refractivity contribution in [1.82, 2.24) is 4.31 Å². The quantitative estimate of drug-likeness (QED) is 0.382. The number of furan rings is 2. The van der Waals surface area contributed by atoms with E-state index in [0.29, 0.717) is 17.2 Å². The summed E-state index contributed by atoms with van der Waals surface area (Å²) in [4.78, 5) is 12.4. The first-order chi connectivity index (χ1) is 14.9. The van der Waals surface area contributed by atoms with Gasteiger partial charge in [0, 0.05) is 25.2 Å². The van der Waals surface area contributed by atoms with E-state index in [4.69, 9.17) is 13.6 Å². The van der Waals surface area contributed by atoms with Crippen LogP contribution in [-0.4, -0.2) is 43.9 Å². The molecule has 0 unspecified atom stereocenters. The van der Waals surface area contributed by atoms with Crippen molar-refractivity contribution in [2.45, 2.75) is 18.0 Å². The van der Waals surface area contributed by atoms with Crippen molar-refractivity contribution >= 4 is 21.4 Å². The number of nitro benzene ring substituents is 1. The highest BCUT2D eigenvalue weighted by atomic mass is 32.2. The summed E-state index contributed by atoms with van der Waals surface area (Å²) >= 11 is 0. The number of hydrogen-bond acceptors (Lipinski definition) is 8. The number of non-ortho nitro benzene ring substituents is 1. The van der Waals surface area contributed by atoms with Crippen LogP contribution in [0.25, 0.3) is 0 Å². The van der Waals surface area contributed by atoms with Crippen molar-refractivity contribution in [1.29, 1.82) is 0 Å². The predicted octanol–water partition coefficient (Wildman–Crippen LogP) is 3.01. The van der Waals surface area contributed by atoms with Crippen LogP contribution in [0.15, 0.2) is 68.7 Å². The maximum atomic E-state index is 13.5. The molecule has 0 saturated carbocycles. The molecule has 0 spiro atoms. The third kappa shape index (κ3) is 4.63. The molecule has 1 aromatic carbocycles. The van der Waals surface area contributed by atoms with Crippen molar-refractivity contribution in [3.05, 3.63) is 76.6 Å². The zero-order chi connectivity index (χ0) is 21.8. The molecule has 1 aliphatic rings. The normalized spacial score (nSPS) is 15.1. The molecular weight excluding hydrogens is 426 g/mol. The molecular formula is C20H21N3O7S. The minimum Gasteiger partial charge on any atom is -0.467 e. The molecule has 4 rings (SSSR count). The summed E-state index contributed by atoms with van der Waals surface area (Å²) in [5, 5.41) is 11.4. The molecule has 0 aliphatic carbocycles. The van der Waals surface area contributed by atoms with Gasteiger partial charge in [0.1, 0.15) is 16.4 Å². The van der Waals surface area contributed by atoms with E-state index >= 15 is 0 Å². The van der Waals surface area contributed by atoms with Gasteiger partial charge < -0.3 is 18.5 Å². The second-order valence-corrected chi connectivity index (χ2v) is 8.85. The monoisotopic (exact) mass is 447 g/mol. The van der Waals surface area contributed by atoms with E-state index in [2.05, 4.69) is 0 Å². The van der Waals surface area contributed by atoms with E-state index < -0.39 is 14.9 Å². The summed E-state index contributed by atoms with van der Waals surface area (Å²) in [5.41, 5.74) is 0.0245. The molecule has 1 aliphatic heterocycles. The molecule has 3 heterocycles. The minimum atomic E-state index is -4.01. The molecule has 164 valence electrons. The Balaban J connectivity index is 1.80. The highest BCUT2D eigenvalue weighted by Gasteiger charge is 2.32. The Morgan fingerprint density at radius 2 is 1.61 bits per heavy atom. The van der Waals surface area contributed by atoms with Gasteiger partial charge in [0.25, 0.3) is 5.69 Å². The predicted molar refractivity (Wildman–Crippen MR) is 110 cm³/mol. The van der Waals surface area contributed by atoms with Crippen LogP contribution in [-0.2, 0) is 27.8 Å². The van der Waals surface area contributed by atoms with Crippen molar-refractivity contribution in [2.24, 2.45) is 0 Å². The van der Waals surface area contributed by atoms with E-state index in [-0.39, 0.29) is 50.0 Å². The third-order valence-corrected chi connectivity index (χ3v) is 6.86. The lowest BCUT2D eigenvalue weighted by molar-refractivity contribution is -0.385. The summed E-state index contributed by atoms with van der Waals surface area (Å²) in [6, 6.07) is 10.9. The molecule has 0 bridgehead atoms. The van der Waals surface area contributed by atoms with Crippen LogP contribution in [0.1, 0.15) is 11.5 Å². The van der Waals surface area contributed by atoms with Crippen LogP contribution in [0.2, 0.25) is 0 Å². The molecule has 11 heteroatoms. The number of nitrogens with zero attached hydrogens (tertiary/aromatic N) is 3. The summed E-state index contributed by atoms with van der Waals surface area (Å²) < 4.78 is 44.4. The first-order valence-corrected chi connectivity index (χ1v) is 11.1. The number of benzene rings is 1. The van der Waals surface area contributed by atoms with Crippen molar-refractivity contribution in [2.75, 3.05) is 31.2 Å². The third-order valence-electron chi connectivity index (χ3n) is 4.94. The number of sulfonamides is 1. The molecule has 0 radical (unpaired) electrons. The fourth-order valence-electron chi connectivity index (χ4n) is 3.42. The highest BCUT2D eigenvalue weighted by Crippen LogP contribution is 2.34. The molecule has 0 amide bonds. The average Bonchev–Trinajstić information content (AvgIpc) is 3.48. The van der Waals surface area contributed by atoms with E-state index in [1.54, 1.807) is 29.2 Å². The smallest absolute Gasteiger partial charge is 0.270 e. The van der Waals surface area contributed by atoms with Crippen LogP contribution >= 0.6 is 0 Å². The lowest BCUT2D eigenvalue weighted by Crippen LogP contribution is -2.41. The molecule has 0 atom stereocenters. The molecule has 1 fully saturated rings. The van der Waals surface area contributed by atoms with Crippen LogP contribution in [0.3, 0.4) is 0 Å². The Hall–Kier alpha value is -3.15. The number of nitro groups is 1. The van der Waals surface area contributed by atoms with Gasteiger partial charge in [-0.1, -0.05) is 0 Å². The molecule has 1 saturated heterocycles. The molecule has 3 aromatic rings. The Morgan fingerprint density at radius 3 is 2.13 bits per heavy atom. The van der Waals surface area contributed by atoms with Crippen molar-refractivity contribution < 1.29 is 26.9 Å². The van der Waals surface area contributed by atoms with Gasteiger partial charge in [-0.25, -0.2) is 8.42 Å². The average molecular weight is 447 g/mol. The SMILES string of the molecule is O=[N+]([O-])c1ccc(N(Cc2ccco2)Cc2ccco2)c(S(=O)(=O)N2CCOCC2)c1.